The first-order chi connectivity index (χ1) is 15.6. The molecule has 1 aliphatic heterocycles. The van der Waals surface area contributed by atoms with E-state index in [1.54, 1.807) is 11.3 Å². The van der Waals surface area contributed by atoms with E-state index in [9.17, 15) is 18.0 Å². The number of fused-ring (bicyclic) bond motifs is 1. The fraction of sp³-hybridized carbons (Fsp3) is 0.500. The van der Waals surface area contributed by atoms with Crippen LogP contribution in [0, 0.1) is 12.8 Å². The number of benzene rings is 1. The summed E-state index contributed by atoms with van der Waals surface area (Å²) in [6.45, 7) is 4.04. The molecule has 0 saturated carbocycles. The van der Waals surface area contributed by atoms with Crippen LogP contribution in [-0.4, -0.2) is 47.3 Å². The van der Waals surface area contributed by atoms with Gasteiger partial charge in [0.1, 0.15) is 11.9 Å². The maximum absolute atomic E-state index is 12.7. The zero-order chi connectivity index (χ0) is 24.0. The van der Waals surface area contributed by atoms with Gasteiger partial charge in [0.25, 0.3) is 0 Å². The summed E-state index contributed by atoms with van der Waals surface area (Å²) in [5, 5.41) is 14.6. The molecule has 1 aromatic carbocycles. The molecule has 33 heavy (non-hydrogen) atoms. The van der Waals surface area contributed by atoms with E-state index in [-0.39, 0.29) is 17.9 Å². The second kappa shape index (κ2) is 11.0. The van der Waals surface area contributed by atoms with E-state index in [4.69, 9.17) is 14.6 Å². The second-order valence-electron chi connectivity index (χ2n) is 7.93. The van der Waals surface area contributed by atoms with Crippen LogP contribution in [0.5, 0.6) is 5.75 Å². The normalized spacial score (nSPS) is 18.5. The van der Waals surface area contributed by atoms with Crippen LogP contribution in [0.25, 0.3) is 0 Å². The van der Waals surface area contributed by atoms with Gasteiger partial charge in [0.2, 0.25) is 5.91 Å². The van der Waals surface area contributed by atoms with Crippen molar-refractivity contribution < 1.29 is 32.6 Å². The number of nitrogens with one attached hydrogen (secondary N) is 2. The fourth-order valence-electron chi connectivity index (χ4n) is 3.73. The molecule has 1 aliphatic carbocycles. The Labute approximate surface area is 193 Å². The van der Waals surface area contributed by atoms with E-state index in [1.165, 1.54) is 10.6 Å². The number of carboxylic acids is 1. The first-order valence-corrected chi connectivity index (χ1v) is 11.5. The lowest BCUT2D eigenvalue weighted by Crippen LogP contribution is -2.34. The Morgan fingerprint density at radius 2 is 1.94 bits per heavy atom. The highest BCUT2D eigenvalue weighted by molar-refractivity contribution is 7.11. The van der Waals surface area contributed by atoms with E-state index in [2.05, 4.69) is 15.6 Å². The van der Waals surface area contributed by atoms with Crippen LogP contribution < -0.4 is 15.4 Å². The largest absolute Gasteiger partial charge is 0.490 e. The van der Waals surface area contributed by atoms with Gasteiger partial charge in [-0.3, -0.25) is 4.79 Å². The van der Waals surface area contributed by atoms with Gasteiger partial charge in [-0.1, -0.05) is 6.07 Å². The van der Waals surface area contributed by atoms with Crippen molar-refractivity contribution in [2.75, 3.05) is 18.4 Å². The van der Waals surface area contributed by atoms with Crippen molar-refractivity contribution in [2.24, 2.45) is 5.92 Å². The van der Waals surface area contributed by atoms with Gasteiger partial charge in [-0.05, 0) is 64.3 Å². The molecular weight excluding hydrogens is 459 g/mol. The molecule has 0 bridgehead atoms. The fourth-order valence-corrected chi connectivity index (χ4v) is 4.79. The third-order valence-corrected chi connectivity index (χ3v) is 6.39. The van der Waals surface area contributed by atoms with Crippen molar-refractivity contribution in [3.8, 4) is 5.75 Å². The Bertz CT molecular complexity index is 974. The Morgan fingerprint density at radius 1 is 1.24 bits per heavy atom. The van der Waals surface area contributed by atoms with Crippen molar-refractivity contribution in [3.05, 3.63) is 39.8 Å². The summed E-state index contributed by atoms with van der Waals surface area (Å²) in [5.41, 5.74) is 2.00. The highest BCUT2D eigenvalue weighted by Gasteiger charge is 2.38. The van der Waals surface area contributed by atoms with Gasteiger partial charge in [-0.25, -0.2) is 9.78 Å². The molecule has 1 saturated heterocycles. The number of amides is 1. The number of carbonyl (C=O) groups is 2. The quantitative estimate of drug-likeness (QED) is 0.606. The Balaban J connectivity index is 0.000000383. The lowest BCUT2D eigenvalue weighted by molar-refractivity contribution is -0.192. The minimum atomic E-state index is -5.08. The van der Waals surface area contributed by atoms with Crippen LogP contribution in [0.2, 0.25) is 0 Å². The van der Waals surface area contributed by atoms with Crippen molar-refractivity contribution >= 4 is 28.9 Å². The highest BCUT2D eigenvalue weighted by Crippen LogP contribution is 2.31. The van der Waals surface area contributed by atoms with Gasteiger partial charge < -0.3 is 20.5 Å². The minimum absolute atomic E-state index is 0.0244. The number of thiazole rings is 1. The number of aryl methyl sites for hydroxylation is 2. The number of carboxylic acid groups (broad SMARTS) is 1. The van der Waals surface area contributed by atoms with E-state index in [1.807, 2.05) is 31.2 Å². The molecule has 3 N–H and O–H groups in total. The van der Waals surface area contributed by atoms with Gasteiger partial charge in [-0.15, -0.1) is 11.3 Å². The topological polar surface area (TPSA) is 101 Å². The molecule has 1 amide bonds. The molecule has 1 fully saturated rings. The molecule has 180 valence electrons. The third-order valence-electron chi connectivity index (χ3n) is 5.35. The number of anilines is 1. The Hall–Kier alpha value is -2.66. The van der Waals surface area contributed by atoms with Crippen LogP contribution >= 0.6 is 11.3 Å². The lowest BCUT2D eigenvalue weighted by atomic mass is 9.90. The second-order valence-corrected chi connectivity index (χ2v) is 9.22. The molecule has 0 radical (unpaired) electrons. The number of ether oxygens (including phenoxy) is 1. The van der Waals surface area contributed by atoms with E-state index < -0.39 is 12.1 Å². The zero-order valence-corrected chi connectivity index (χ0v) is 18.9. The number of hydrogen-bond donors (Lipinski definition) is 3. The van der Waals surface area contributed by atoms with E-state index >= 15 is 0 Å². The number of aromatic nitrogens is 1. The predicted octanol–water partition coefficient (Wildman–Crippen LogP) is 3.96. The van der Waals surface area contributed by atoms with Crippen molar-refractivity contribution in [1.82, 2.24) is 10.3 Å². The van der Waals surface area contributed by atoms with Crippen LogP contribution in [0.1, 0.15) is 34.8 Å². The average molecular weight is 486 g/mol. The van der Waals surface area contributed by atoms with Crippen LogP contribution in [0.3, 0.4) is 0 Å². The van der Waals surface area contributed by atoms with E-state index in [0.717, 1.165) is 61.6 Å². The van der Waals surface area contributed by atoms with Crippen LogP contribution in [-0.2, 0) is 22.4 Å². The minimum Gasteiger partial charge on any atom is -0.490 e. The van der Waals surface area contributed by atoms with E-state index in [0.29, 0.717) is 0 Å². The first-order valence-electron chi connectivity index (χ1n) is 10.7. The SMILES string of the molecule is Cc1nc2c(s1)CC(C(=O)Nc1cccc(OC3CCNCC3)c1)CC2.O=C(O)C(F)(F)F. The molecule has 2 aromatic rings. The molecule has 0 spiro atoms. The molecule has 11 heteroatoms. The molecule has 7 nitrogen and oxygen atoms in total. The summed E-state index contributed by atoms with van der Waals surface area (Å²) >= 11 is 1.72. The average Bonchev–Trinajstić information content (AvgIpc) is 3.13. The van der Waals surface area contributed by atoms with Crippen molar-refractivity contribution in [3.63, 3.8) is 0 Å². The molecule has 4 rings (SSSR count). The first kappa shape index (κ1) is 25.0. The number of rotatable bonds is 4. The number of halogens is 3. The van der Waals surface area contributed by atoms with Gasteiger partial charge in [0, 0.05) is 22.5 Å². The molecule has 1 unspecified atom stereocenters. The predicted molar refractivity (Wildman–Crippen MR) is 118 cm³/mol. The van der Waals surface area contributed by atoms with Crippen molar-refractivity contribution in [2.45, 2.75) is 51.3 Å². The van der Waals surface area contributed by atoms with Crippen LogP contribution in [0.15, 0.2) is 24.3 Å². The number of nitrogens with zero attached hydrogens (tertiary/aromatic N) is 1. The maximum atomic E-state index is 12.7. The Morgan fingerprint density at radius 3 is 2.61 bits per heavy atom. The van der Waals surface area contributed by atoms with Crippen LogP contribution in [0.4, 0.5) is 18.9 Å². The molecular formula is C22H26F3N3O4S. The Kier molecular flexibility index (Phi) is 8.30. The molecule has 1 aromatic heterocycles. The molecule has 2 heterocycles. The number of piperidine rings is 1. The number of aliphatic carboxylic acids is 1. The molecule has 2 aliphatic rings. The summed E-state index contributed by atoms with van der Waals surface area (Å²) in [6, 6.07) is 7.77. The third kappa shape index (κ3) is 7.43. The lowest BCUT2D eigenvalue weighted by Gasteiger charge is -2.24. The summed E-state index contributed by atoms with van der Waals surface area (Å²) in [4.78, 5) is 27.4. The summed E-state index contributed by atoms with van der Waals surface area (Å²) in [6.07, 6.45) is -0.208. The summed E-state index contributed by atoms with van der Waals surface area (Å²) < 4.78 is 37.8. The standard InChI is InChI=1S/C20H25N3O2S.C2HF3O2/c1-13-22-18-6-5-14(11-19(18)26-13)20(24)23-15-3-2-4-17(12-15)25-16-7-9-21-10-8-16;3-2(4,5)1(6)7/h2-4,12,14,16,21H,5-11H2,1H3,(H,23,24);(H,6,7). The molecule has 1 atom stereocenters. The van der Waals surface area contributed by atoms with Gasteiger partial charge in [-0.2, -0.15) is 13.2 Å². The zero-order valence-electron chi connectivity index (χ0n) is 18.1. The van der Waals surface area contributed by atoms with Gasteiger partial charge >= 0.3 is 12.1 Å². The maximum Gasteiger partial charge on any atom is 0.490 e. The van der Waals surface area contributed by atoms with Gasteiger partial charge in [0.15, 0.2) is 0 Å². The summed E-state index contributed by atoms with van der Waals surface area (Å²) in [5.74, 6) is -1.80. The van der Waals surface area contributed by atoms with Gasteiger partial charge in [0.05, 0.1) is 10.7 Å². The monoisotopic (exact) mass is 485 g/mol. The number of carbonyl (C=O) groups excluding carboxylic acids is 1. The van der Waals surface area contributed by atoms with Crippen molar-refractivity contribution in [1.29, 1.82) is 0 Å². The highest BCUT2D eigenvalue weighted by atomic mass is 32.1. The number of alkyl halides is 3. The smallest absolute Gasteiger partial charge is 0.490 e. The summed E-state index contributed by atoms with van der Waals surface area (Å²) in [7, 11) is 0. The number of hydrogen-bond acceptors (Lipinski definition) is 6.